The Balaban J connectivity index is 0.00000361. The summed E-state index contributed by atoms with van der Waals surface area (Å²) in [6, 6.07) is 7.91. The molecule has 0 spiro atoms. The van der Waals surface area contributed by atoms with Gasteiger partial charge in [-0.3, -0.25) is 4.79 Å². The van der Waals surface area contributed by atoms with Crippen molar-refractivity contribution in [1.29, 1.82) is 0 Å². The molecule has 0 aliphatic rings. The van der Waals surface area contributed by atoms with Crippen LogP contribution in [-0.4, -0.2) is 11.9 Å². The van der Waals surface area contributed by atoms with Gasteiger partial charge in [0.25, 0.3) is 0 Å². The number of rotatable bonds is 5. The summed E-state index contributed by atoms with van der Waals surface area (Å²) < 4.78 is 0. The molecule has 2 atom stereocenters. The third kappa shape index (κ3) is 5.14. The summed E-state index contributed by atoms with van der Waals surface area (Å²) >= 11 is 0. The van der Waals surface area contributed by atoms with Crippen molar-refractivity contribution in [3.63, 3.8) is 0 Å². The third-order valence-corrected chi connectivity index (χ3v) is 3.48. The Hall–Kier alpha value is -1.06. The van der Waals surface area contributed by atoms with Gasteiger partial charge < -0.3 is 11.1 Å². The van der Waals surface area contributed by atoms with Crippen LogP contribution in [0.2, 0.25) is 0 Å². The highest BCUT2D eigenvalue weighted by atomic mass is 35.5. The molecular weight excluding hydrogens is 272 g/mol. The van der Waals surface area contributed by atoms with E-state index >= 15 is 0 Å². The second-order valence-corrected chi connectivity index (χ2v) is 5.82. The quantitative estimate of drug-likeness (QED) is 0.875. The summed E-state index contributed by atoms with van der Waals surface area (Å²) in [7, 11) is 0. The molecule has 0 radical (unpaired) electrons. The van der Waals surface area contributed by atoms with Gasteiger partial charge in [0.2, 0.25) is 5.91 Å². The molecule has 3 N–H and O–H groups in total. The molecule has 0 fully saturated rings. The zero-order valence-corrected chi connectivity index (χ0v) is 13.8. The van der Waals surface area contributed by atoms with E-state index in [0.29, 0.717) is 5.92 Å². The number of nitrogens with one attached hydrogen (secondary N) is 1. The third-order valence-electron chi connectivity index (χ3n) is 3.48. The number of halogens is 1. The topological polar surface area (TPSA) is 55.1 Å². The Morgan fingerprint density at radius 1 is 1.00 bits per heavy atom. The van der Waals surface area contributed by atoms with E-state index < -0.39 is 6.04 Å². The van der Waals surface area contributed by atoms with E-state index in [-0.39, 0.29) is 30.3 Å². The van der Waals surface area contributed by atoms with E-state index in [4.69, 9.17) is 5.73 Å². The molecule has 1 rings (SSSR count). The predicted molar refractivity (Wildman–Crippen MR) is 87.2 cm³/mol. The van der Waals surface area contributed by atoms with Gasteiger partial charge in [-0.05, 0) is 29.9 Å². The molecule has 0 saturated heterocycles. The molecule has 20 heavy (non-hydrogen) atoms. The number of carbonyl (C=O) groups excluding carboxylic acids is 1. The van der Waals surface area contributed by atoms with E-state index in [1.807, 2.05) is 20.8 Å². The fourth-order valence-corrected chi connectivity index (χ4v) is 1.87. The van der Waals surface area contributed by atoms with Gasteiger partial charge in [-0.25, -0.2) is 0 Å². The summed E-state index contributed by atoms with van der Waals surface area (Å²) in [4.78, 5) is 11.9. The molecule has 0 heterocycles. The standard InChI is InChI=1S/C16H26N2O.ClH/c1-10(2)13-6-8-14(9-7-13)12(5)18-16(19)15(17)11(3)4;/h6-12,15H,17H2,1-5H3,(H,18,19);1H. The van der Waals surface area contributed by atoms with Crippen molar-refractivity contribution in [3.05, 3.63) is 35.4 Å². The maximum Gasteiger partial charge on any atom is 0.237 e. The van der Waals surface area contributed by atoms with Crippen LogP contribution in [0.15, 0.2) is 24.3 Å². The Bertz CT molecular complexity index is 415. The molecule has 1 amide bonds. The van der Waals surface area contributed by atoms with Crippen LogP contribution in [0.5, 0.6) is 0 Å². The van der Waals surface area contributed by atoms with E-state index in [9.17, 15) is 4.79 Å². The van der Waals surface area contributed by atoms with Crippen LogP contribution in [0.4, 0.5) is 0 Å². The molecular formula is C16H27ClN2O. The lowest BCUT2D eigenvalue weighted by Crippen LogP contribution is -2.44. The second kappa shape index (κ2) is 8.28. The van der Waals surface area contributed by atoms with Crippen LogP contribution in [0.3, 0.4) is 0 Å². The van der Waals surface area contributed by atoms with Crippen molar-refractivity contribution in [2.24, 2.45) is 11.7 Å². The zero-order chi connectivity index (χ0) is 14.6. The summed E-state index contributed by atoms with van der Waals surface area (Å²) in [5, 5.41) is 2.96. The molecule has 0 saturated carbocycles. The number of amides is 1. The molecule has 1 aromatic rings. The highest BCUT2D eigenvalue weighted by molar-refractivity contribution is 5.85. The number of carbonyl (C=O) groups is 1. The minimum Gasteiger partial charge on any atom is -0.348 e. The number of benzene rings is 1. The predicted octanol–water partition coefficient (Wildman–Crippen LogP) is 3.39. The molecule has 3 nitrogen and oxygen atoms in total. The lowest BCUT2D eigenvalue weighted by Gasteiger charge is -2.20. The van der Waals surface area contributed by atoms with Crippen LogP contribution in [0.25, 0.3) is 0 Å². The largest absolute Gasteiger partial charge is 0.348 e. The Labute approximate surface area is 128 Å². The van der Waals surface area contributed by atoms with Crippen molar-refractivity contribution in [1.82, 2.24) is 5.32 Å². The average molecular weight is 299 g/mol. The molecule has 0 aliphatic carbocycles. The first-order valence-electron chi connectivity index (χ1n) is 6.98. The molecule has 0 bridgehead atoms. The zero-order valence-electron chi connectivity index (χ0n) is 13.0. The van der Waals surface area contributed by atoms with Crippen molar-refractivity contribution in [2.75, 3.05) is 0 Å². The molecule has 1 aromatic carbocycles. The van der Waals surface area contributed by atoms with Crippen molar-refractivity contribution in [3.8, 4) is 0 Å². The second-order valence-electron chi connectivity index (χ2n) is 5.82. The first-order valence-corrected chi connectivity index (χ1v) is 6.98. The van der Waals surface area contributed by atoms with Gasteiger partial charge in [0.15, 0.2) is 0 Å². The average Bonchev–Trinajstić information content (AvgIpc) is 2.37. The normalized spacial score (nSPS) is 13.8. The minimum atomic E-state index is -0.447. The summed E-state index contributed by atoms with van der Waals surface area (Å²) in [6.07, 6.45) is 0. The number of hydrogen-bond donors (Lipinski definition) is 2. The molecule has 0 aliphatic heterocycles. The number of nitrogens with two attached hydrogens (primary N) is 1. The Morgan fingerprint density at radius 3 is 1.85 bits per heavy atom. The van der Waals surface area contributed by atoms with Gasteiger partial charge in [-0.15, -0.1) is 12.4 Å². The monoisotopic (exact) mass is 298 g/mol. The highest BCUT2D eigenvalue weighted by Gasteiger charge is 2.19. The summed E-state index contributed by atoms with van der Waals surface area (Å²) in [5.41, 5.74) is 8.25. The van der Waals surface area contributed by atoms with Gasteiger partial charge in [-0.1, -0.05) is 52.0 Å². The van der Waals surface area contributed by atoms with E-state index in [1.54, 1.807) is 0 Å². The lowest BCUT2D eigenvalue weighted by atomic mass is 9.99. The fraction of sp³-hybridized carbons (Fsp3) is 0.562. The molecule has 4 heteroatoms. The van der Waals surface area contributed by atoms with Gasteiger partial charge >= 0.3 is 0 Å². The lowest BCUT2D eigenvalue weighted by molar-refractivity contribution is -0.123. The van der Waals surface area contributed by atoms with Crippen molar-refractivity contribution in [2.45, 2.75) is 52.6 Å². The SMILES string of the molecule is CC(C)c1ccc(C(C)NC(=O)C(N)C(C)C)cc1.Cl. The van der Waals surface area contributed by atoms with Crippen LogP contribution >= 0.6 is 12.4 Å². The fourth-order valence-electron chi connectivity index (χ4n) is 1.87. The van der Waals surface area contributed by atoms with Crippen LogP contribution in [-0.2, 0) is 4.79 Å². The van der Waals surface area contributed by atoms with Crippen LogP contribution in [0.1, 0.15) is 57.7 Å². The summed E-state index contributed by atoms with van der Waals surface area (Å²) in [5.74, 6) is 0.583. The van der Waals surface area contributed by atoms with Gasteiger partial charge in [-0.2, -0.15) is 0 Å². The van der Waals surface area contributed by atoms with Gasteiger partial charge in [0, 0.05) is 0 Å². The van der Waals surface area contributed by atoms with Gasteiger partial charge in [0.1, 0.15) is 0 Å². The maximum absolute atomic E-state index is 11.9. The van der Waals surface area contributed by atoms with Crippen molar-refractivity contribution >= 4 is 18.3 Å². The van der Waals surface area contributed by atoms with Crippen LogP contribution < -0.4 is 11.1 Å². The van der Waals surface area contributed by atoms with E-state index in [0.717, 1.165) is 5.56 Å². The van der Waals surface area contributed by atoms with Gasteiger partial charge in [0.05, 0.1) is 12.1 Å². The minimum absolute atomic E-state index is 0. The Morgan fingerprint density at radius 2 is 1.45 bits per heavy atom. The van der Waals surface area contributed by atoms with E-state index in [2.05, 4.69) is 43.4 Å². The molecule has 114 valence electrons. The first-order chi connectivity index (χ1) is 8.82. The van der Waals surface area contributed by atoms with E-state index in [1.165, 1.54) is 5.56 Å². The van der Waals surface area contributed by atoms with Crippen LogP contribution in [0, 0.1) is 5.92 Å². The maximum atomic E-state index is 11.9. The number of hydrogen-bond acceptors (Lipinski definition) is 2. The molecule has 0 aromatic heterocycles. The Kier molecular flexibility index (Phi) is 7.84. The van der Waals surface area contributed by atoms with Crippen molar-refractivity contribution < 1.29 is 4.79 Å². The first kappa shape index (κ1) is 18.9. The smallest absolute Gasteiger partial charge is 0.237 e. The molecule has 2 unspecified atom stereocenters. The highest BCUT2D eigenvalue weighted by Crippen LogP contribution is 2.18. The summed E-state index contributed by atoms with van der Waals surface area (Å²) in [6.45, 7) is 10.2.